The van der Waals surface area contributed by atoms with Crippen LogP contribution in [0.4, 0.5) is 11.4 Å². The van der Waals surface area contributed by atoms with E-state index in [-0.39, 0.29) is 29.4 Å². The van der Waals surface area contributed by atoms with Gasteiger partial charge in [-0.1, -0.05) is 18.2 Å². The Labute approximate surface area is 139 Å². The molecule has 0 atom stereocenters. The summed E-state index contributed by atoms with van der Waals surface area (Å²) in [7, 11) is -2.32. The second-order valence-corrected chi connectivity index (χ2v) is 6.79. The zero-order chi connectivity index (χ0) is 17.7. The second kappa shape index (κ2) is 7.39. The van der Waals surface area contributed by atoms with Gasteiger partial charge in [0.1, 0.15) is 5.69 Å². The molecule has 2 aromatic carbocycles. The summed E-state index contributed by atoms with van der Waals surface area (Å²) in [6.07, 6.45) is 0. The van der Waals surface area contributed by atoms with E-state index in [1.807, 2.05) is 0 Å². The van der Waals surface area contributed by atoms with Crippen LogP contribution in [0.3, 0.4) is 0 Å². The van der Waals surface area contributed by atoms with Crippen LogP contribution in [0.2, 0.25) is 0 Å². The third-order valence-electron chi connectivity index (χ3n) is 3.44. The average Bonchev–Trinajstić information content (AvgIpc) is 2.59. The number of nitro benzene ring substituents is 1. The molecule has 0 radical (unpaired) electrons. The third kappa shape index (κ3) is 3.88. The predicted molar refractivity (Wildman–Crippen MR) is 89.0 cm³/mol. The minimum atomic E-state index is -3.64. The van der Waals surface area contributed by atoms with E-state index in [0.717, 1.165) is 0 Å². The Kier molecular flexibility index (Phi) is 5.50. The number of nitrogens with zero attached hydrogens (tertiary/aromatic N) is 1. The van der Waals surface area contributed by atoms with E-state index in [1.54, 1.807) is 18.2 Å². The molecule has 24 heavy (non-hydrogen) atoms. The van der Waals surface area contributed by atoms with Crippen LogP contribution in [0.1, 0.15) is 11.1 Å². The SMILES string of the molecule is CNS(=O)(=O)c1ccccc1CNc1cc(CO)ccc1[N+](=O)[O-]. The predicted octanol–water partition coefficient (Wildman–Crippen LogP) is 1.61. The lowest BCUT2D eigenvalue weighted by molar-refractivity contribution is -0.384. The maximum Gasteiger partial charge on any atom is 0.292 e. The number of aliphatic hydroxyl groups is 1. The molecule has 0 aliphatic carbocycles. The van der Waals surface area contributed by atoms with E-state index in [9.17, 15) is 23.6 Å². The first kappa shape index (κ1) is 17.9. The van der Waals surface area contributed by atoms with Gasteiger partial charge in [-0.05, 0) is 36.4 Å². The molecule has 0 aromatic heterocycles. The van der Waals surface area contributed by atoms with Gasteiger partial charge in [0.15, 0.2) is 0 Å². The molecule has 0 saturated heterocycles. The van der Waals surface area contributed by atoms with E-state index >= 15 is 0 Å². The topological polar surface area (TPSA) is 122 Å². The van der Waals surface area contributed by atoms with Gasteiger partial charge in [-0.25, -0.2) is 13.1 Å². The number of sulfonamides is 1. The smallest absolute Gasteiger partial charge is 0.292 e. The minimum absolute atomic E-state index is 0.0762. The van der Waals surface area contributed by atoms with Gasteiger partial charge in [0.2, 0.25) is 10.0 Å². The standard InChI is InChI=1S/C15H17N3O5S/c1-16-24(22,23)15-5-3-2-4-12(15)9-17-13-8-11(10-19)6-7-14(13)18(20)21/h2-8,16-17,19H,9-10H2,1H3. The summed E-state index contributed by atoms with van der Waals surface area (Å²) in [5, 5.41) is 23.2. The fraction of sp³-hybridized carbons (Fsp3) is 0.200. The molecule has 8 nitrogen and oxygen atoms in total. The monoisotopic (exact) mass is 351 g/mol. The summed E-state index contributed by atoms with van der Waals surface area (Å²) in [5.41, 5.74) is 1.04. The molecule has 0 spiro atoms. The van der Waals surface area contributed by atoms with E-state index < -0.39 is 14.9 Å². The van der Waals surface area contributed by atoms with Gasteiger partial charge in [0, 0.05) is 12.6 Å². The first-order valence-electron chi connectivity index (χ1n) is 7.02. The highest BCUT2D eigenvalue weighted by Crippen LogP contribution is 2.27. The number of hydrogen-bond acceptors (Lipinski definition) is 6. The van der Waals surface area contributed by atoms with Gasteiger partial charge in [-0.15, -0.1) is 0 Å². The van der Waals surface area contributed by atoms with Gasteiger partial charge in [-0.3, -0.25) is 10.1 Å². The van der Waals surface area contributed by atoms with Gasteiger partial charge in [-0.2, -0.15) is 0 Å². The molecule has 2 rings (SSSR count). The molecular formula is C15H17N3O5S. The van der Waals surface area contributed by atoms with E-state index in [4.69, 9.17) is 0 Å². The molecule has 128 valence electrons. The molecule has 2 aromatic rings. The number of anilines is 1. The molecule has 0 heterocycles. The van der Waals surface area contributed by atoms with Gasteiger partial charge < -0.3 is 10.4 Å². The number of nitrogens with one attached hydrogen (secondary N) is 2. The van der Waals surface area contributed by atoms with Crippen LogP contribution in [-0.4, -0.2) is 25.5 Å². The molecule has 0 saturated carbocycles. The quantitative estimate of drug-likeness (QED) is 0.515. The summed E-state index contributed by atoms with van der Waals surface area (Å²) >= 11 is 0. The number of nitro groups is 1. The number of aliphatic hydroxyl groups excluding tert-OH is 1. The zero-order valence-electron chi connectivity index (χ0n) is 12.9. The number of hydrogen-bond donors (Lipinski definition) is 3. The molecule has 9 heteroatoms. The molecule has 0 unspecified atom stereocenters. The van der Waals surface area contributed by atoms with Gasteiger partial charge >= 0.3 is 0 Å². The summed E-state index contributed by atoms with van der Waals surface area (Å²) in [5.74, 6) is 0. The van der Waals surface area contributed by atoms with Crippen LogP contribution in [0.5, 0.6) is 0 Å². The van der Waals surface area contributed by atoms with Crippen molar-refractivity contribution in [3.8, 4) is 0 Å². The van der Waals surface area contributed by atoms with E-state index in [1.165, 1.54) is 31.3 Å². The second-order valence-electron chi connectivity index (χ2n) is 4.94. The van der Waals surface area contributed by atoms with Crippen molar-refractivity contribution in [1.29, 1.82) is 0 Å². The van der Waals surface area contributed by atoms with Crippen molar-refractivity contribution >= 4 is 21.4 Å². The number of rotatable bonds is 7. The molecule has 0 aliphatic rings. The lowest BCUT2D eigenvalue weighted by Gasteiger charge is -2.12. The van der Waals surface area contributed by atoms with Crippen molar-refractivity contribution in [2.24, 2.45) is 0 Å². The normalized spacial score (nSPS) is 11.2. The lowest BCUT2D eigenvalue weighted by Crippen LogP contribution is -2.20. The molecule has 0 amide bonds. The van der Waals surface area contributed by atoms with Crippen molar-refractivity contribution in [3.05, 3.63) is 63.7 Å². The first-order valence-corrected chi connectivity index (χ1v) is 8.51. The van der Waals surface area contributed by atoms with Crippen LogP contribution in [0, 0.1) is 10.1 Å². The van der Waals surface area contributed by atoms with Crippen LogP contribution in [-0.2, 0) is 23.2 Å². The fourth-order valence-corrected chi connectivity index (χ4v) is 3.16. The summed E-state index contributed by atoms with van der Waals surface area (Å²) in [4.78, 5) is 10.7. The summed E-state index contributed by atoms with van der Waals surface area (Å²) in [6.45, 7) is -0.176. The molecule has 3 N–H and O–H groups in total. The van der Waals surface area contributed by atoms with Crippen LogP contribution >= 0.6 is 0 Å². The zero-order valence-corrected chi connectivity index (χ0v) is 13.7. The van der Waals surface area contributed by atoms with Gasteiger partial charge in [0.25, 0.3) is 5.69 Å². The van der Waals surface area contributed by atoms with Crippen molar-refractivity contribution in [3.63, 3.8) is 0 Å². The Bertz CT molecular complexity index is 852. The molecule has 0 bridgehead atoms. The highest BCUT2D eigenvalue weighted by molar-refractivity contribution is 7.89. The Morgan fingerprint density at radius 3 is 2.54 bits per heavy atom. The molecule has 0 fully saturated rings. The largest absolute Gasteiger partial charge is 0.392 e. The Morgan fingerprint density at radius 2 is 1.92 bits per heavy atom. The van der Waals surface area contributed by atoms with E-state index in [2.05, 4.69) is 10.0 Å². The highest BCUT2D eigenvalue weighted by atomic mass is 32.2. The first-order chi connectivity index (χ1) is 11.4. The van der Waals surface area contributed by atoms with Crippen LogP contribution < -0.4 is 10.0 Å². The molecular weight excluding hydrogens is 334 g/mol. The van der Waals surface area contributed by atoms with Crippen molar-refractivity contribution in [1.82, 2.24) is 4.72 Å². The Hall–Kier alpha value is -2.49. The number of benzene rings is 2. The summed E-state index contributed by atoms with van der Waals surface area (Å²) < 4.78 is 26.3. The van der Waals surface area contributed by atoms with Crippen molar-refractivity contribution in [2.45, 2.75) is 18.0 Å². The maximum absolute atomic E-state index is 12.0. The van der Waals surface area contributed by atoms with Crippen molar-refractivity contribution < 1.29 is 18.4 Å². The Balaban J connectivity index is 2.34. The lowest BCUT2D eigenvalue weighted by atomic mass is 10.1. The van der Waals surface area contributed by atoms with Crippen LogP contribution in [0.25, 0.3) is 0 Å². The minimum Gasteiger partial charge on any atom is -0.392 e. The third-order valence-corrected chi connectivity index (χ3v) is 4.96. The average molecular weight is 351 g/mol. The molecule has 0 aliphatic heterocycles. The van der Waals surface area contributed by atoms with E-state index in [0.29, 0.717) is 11.1 Å². The van der Waals surface area contributed by atoms with Crippen LogP contribution in [0.15, 0.2) is 47.4 Å². The summed E-state index contributed by atoms with van der Waals surface area (Å²) in [6, 6.07) is 10.6. The maximum atomic E-state index is 12.0. The highest BCUT2D eigenvalue weighted by Gasteiger charge is 2.18. The van der Waals surface area contributed by atoms with Gasteiger partial charge in [0.05, 0.1) is 16.4 Å². The fourth-order valence-electron chi connectivity index (χ4n) is 2.19. The Morgan fingerprint density at radius 1 is 1.21 bits per heavy atom. The van der Waals surface area contributed by atoms with Crippen molar-refractivity contribution in [2.75, 3.05) is 12.4 Å².